The van der Waals surface area contributed by atoms with E-state index in [0.717, 1.165) is 0 Å². The molecule has 0 aliphatic carbocycles. The second-order valence-electron chi connectivity index (χ2n) is 4.01. The Hall–Kier alpha value is -2.82. The van der Waals surface area contributed by atoms with Gasteiger partial charge in [0.1, 0.15) is 0 Å². The summed E-state index contributed by atoms with van der Waals surface area (Å²) in [5, 5.41) is 0. The van der Waals surface area contributed by atoms with Crippen LogP contribution in [0.15, 0.2) is 48.8 Å². The third-order valence-corrected chi connectivity index (χ3v) is 2.71. The Morgan fingerprint density at radius 1 is 0.895 bits per heavy atom. The highest BCUT2D eigenvalue weighted by atomic mass is 16.1. The molecule has 0 spiro atoms. The molecule has 0 radical (unpaired) electrons. The van der Waals surface area contributed by atoms with Gasteiger partial charge in [-0.15, -0.1) is 0 Å². The zero-order valence-electron chi connectivity index (χ0n) is 10.2. The zero-order chi connectivity index (χ0) is 13.8. The molecule has 96 valence electrons. The summed E-state index contributed by atoms with van der Waals surface area (Å²) in [5.41, 5.74) is 19.6. The van der Waals surface area contributed by atoms with E-state index in [2.05, 4.69) is 4.98 Å². The molecule has 1 amide bonds. The van der Waals surface area contributed by atoms with Gasteiger partial charge in [0.05, 0.1) is 11.3 Å². The van der Waals surface area contributed by atoms with E-state index in [1.54, 1.807) is 48.8 Å². The minimum absolute atomic E-state index is 0.270. The summed E-state index contributed by atoms with van der Waals surface area (Å²) in [6.07, 6.45) is 3.20. The Morgan fingerprint density at radius 3 is 2.00 bits per heavy atom. The molecule has 0 unspecified atom stereocenters. The molecule has 2 aromatic rings. The largest absolute Gasteiger partial charge is 0.399 e. The second-order valence-corrected chi connectivity index (χ2v) is 4.01. The second kappa shape index (κ2) is 5.22. The first-order chi connectivity index (χ1) is 9.09. The van der Waals surface area contributed by atoms with E-state index in [4.69, 9.17) is 17.2 Å². The Morgan fingerprint density at radius 2 is 1.47 bits per heavy atom. The normalized spacial score (nSPS) is 11.8. The Bertz CT molecular complexity index is 618. The number of nitrogens with two attached hydrogens (primary N) is 3. The van der Waals surface area contributed by atoms with Gasteiger partial charge in [0, 0.05) is 23.6 Å². The summed E-state index contributed by atoms with van der Waals surface area (Å²) >= 11 is 0. The van der Waals surface area contributed by atoms with E-state index in [-0.39, 0.29) is 5.57 Å². The number of anilines is 1. The van der Waals surface area contributed by atoms with Crippen LogP contribution in [-0.2, 0) is 4.79 Å². The number of benzene rings is 1. The van der Waals surface area contributed by atoms with Gasteiger partial charge in [-0.3, -0.25) is 9.78 Å². The molecule has 0 saturated carbocycles. The first-order valence-corrected chi connectivity index (χ1v) is 5.65. The molecule has 0 bridgehead atoms. The number of pyridine rings is 1. The van der Waals surface area contributed by atoms with Crippen LogP contribution in [0.2, 0.25) is 0 Å². The van der Waals surface area contributed by atoms with Crippen molar-refractivity contribution in [3.8, 4) is 0 Å². The highest BCUT2D eigenvalue weighted by Gasteiger charge is 2.14. The molecular weight excluding hydrogens is 240 g/mol. The number of aromatic nitrogens is 1. The van der Waals surface area contributed by atoms with Gasteiger partial charge in [-0.2, -0.15) is 0 Å². The minimum Gasteiger partial charge on any atom is -0.399 e. The van der Waals surface area contributed by atoms with Gasteiger partial charge in [-0.05, 0) is 29.8 Å². The van der Waals surface area contributed by atoms with Crippen molar-refractivity contribution in [3.05, 3.63) is 59.9 Å². The molecule has 5 nitrogen and oxygen atoms in total. The summed E-state index contributed by atoms with van der Waals surface area (Å²) in [5.74, 6) is -0.584. The first-order valence-electron chi connectivity index (χ1n) is 5.65. The lowest BCUT2D eigenvalue weighted by atomic mass is 9.99. The van der Waals surface area contributed by atoms with Crippen LogP contribution in [0.25, 0.3) is 11.3 Å². The third kappa shape index (κ3) is 2.71. The van der Waals surface area contributed by atoms with Crippen LogP contribution < -0.4 is 17.2 Å². The van der Waals surface area contributed by atoms with Crippen LogP contribution in [0.1, 0.15) is 11.1 Å². The van der Waals surface area contributed by atoms with Crippen LogP contribution >= 0.6 is 0 Å². The fraction of sp³-hybridized carbons (Fsp3) is 0. The maximum Gasteiger partial charge on any atom is 0.251 e. The van der Waals surface area contributed by atoms with Gasteiger partial charge in [0.2, 0.25) is 0 Å². The van der Waals surface area contributed by atoms with Gasteiger partial charge >= 0.3 is 0 Å². The molecule has 6 N–H and O–H groups in total. The molecule has 0 fully saturated rings. The van der Waals surface area contributed by atoms with Crippen LogP contribution in [0.5, 0.6) is 0 Å². The van der Waals surface area contributed by atoms with Gasteiger partial charge in [-0.1, -0.05) is 12.1 Å². The molecule has 0 aliphatic rings. The quantitative estimate of drug-likeness (QED) is 0.560. The molecule has 19 heavy (non-hydrogen) atoms. The topological polar surface area (TPSA) is 108 Å². The number of carbonyl (C=O) groups is 1. The monoisotopic (exact) mass is 254 g/mol. The smallest absolute Gasteiger partial charge is 0.251 e. The van der Waals surface area contributed by atoms with Crippen LogP contribution in [0.4, 0.5) is 5.69 Å². The van der Waals surface area contributed by atoms with Crippen molar-refractivity contribution < 1.29 is 4.79 Å². The SMILES string of the molecule is NC(=O)/C(=C(\N)c1ccncc1)c1ccc(N)cc1. The standard InChI is InChI=1S/C14H14N4O/c15-11-3-1-9(2-4-11)12(14(17)19)13(16)10-5-7-18-8-6-10/h1-8H,15-16H2,(H2,17,19)/b13-12-. The third-order valence-electron chi connectivity index (χ3n) is 2.71. The van der Waals surface area contributed by atoms with Crippen LogP contribution in [0.3, 0.4) is 0 Å². The van der Waals surface area contributed by atoms with Gasteiger partial charge < -0.3 is 17.2 Å². The first kappa shape index (κ1) is 12.6. The fourth-order valence-electron chi connectivity index (χ4n) is 1.76. The zero-order valence-corrected chi connectivity index (χ0v) is 10.2. The van der Waals surface area contributed by atoms with Crippen molar-refractivity contribution in [1.29, 1.82) is 0 Å². The minimum atomic E-state index is -0.584. The van der Waals surface area contributed by atoms with Crippen LogP contribution in [-0.4, -0.2) is 10.9 Å². The van der Waals surface area contributed by atoms with Crippen molar-refractivity contribution in [1.82, 2.24) is 4.98 Å². The van der Waals surface area contributed by atoms with Crippen molar-refractivity contribution >= 4 is 22.9 Å². The van der Waals surface area contributed by atoms with E-state index in [0.29, 0.717) is 22.5 Å². The summed E-state index contributed by atoms with van der Waals surface area (Å²) < 4.78 is 0. The number of primary amides is 1. The Kier molecular flexibility index (Phi) is 3.47. The van der Waals surface area contributed by atoms with Crippen molar-refractivity contribution in [2.45, 2.75) is 0 Å². The molecule has 1 aromatic carbocycles. The molecule has 1 aromatic heterocycles. The Labute approximate surface area is 110 Å². The molecule has 0 aliphatic heterocycles. The number of rotatable bonds is 3. The van der Waals surface area contributed by atoms with Crippen molar-refractivity contribution in [2.75, 3.05) is 5.73 Å². The average molecular weight is 254 g/mol. The predicted octanol–water partition coefficient (Wildman–Crippen LogP) is 0.976. The number of carbonyl (C=O) groups excluding carboxylic acids is 1. The van der Waals surface area contributed by atoms with E-state index in [9.17, 15) is 4.79 Å². The summed E-state index contributed by atoms with van der Waals surface area (Å²) in [7, 11) is 0. The predicted molar refractivity (Wildman–Crippen MR) is 75.3 cm³/mol. The molecular formula is C14H14N4O. The molecule has 5 heteroatoms. The number of hydrogen-bond donors (Lipinski definition) is 3. The van der Waals surface area contributed by atoms with Crippen molar-refractivity contribution in [3.63, 3.8) is 0 Å². The van der Waals surface area contributed by atoms with Gasteiger partial charge in [-0.25, -0.2) is 0 Å². The van der Waals surface area contributed by atoms with Gasteiger partial charge in [0.15, 0.2) is 0 Å². The summed E-state index contributed by atoms with van der Waals surface area (Å²) in [4.78, 5) is 15.5. The number of nitrogen functional groups attached to an aromatic ring is 1. The lowest BCUT2D eigenvalue weighted by molar-refractivity contribution is -0.112. The maximum atomic E-state index is 11.6. The number of nitrogens with zero attached hydrogens (tertiary/aromatic N) is 1. The van der Waals surface area contributed by atoms with E-state index >= 15 is 0 Å². The fourth-order valence-corrected chi connectivity index (χ4v) is 1.76. The maximum absolute atomic E-state index is 11.6. The number of hydrogen-bond acceptors (Lipinski definition) is 4. The lowest BCUT2D eigenvalue weighted by Crippen LogP contribution is -2.17. The van der Waals surface area contributed by atoms with Crippen molar-refractivity contribution in [2.24, 2.45) is 11.5 Å². The summed E-state index contributed by atoms with van der Waals surface area (Å²) in [6.45, 7) is 0. The van der Waals surface area contributed by atoms with Gasteiger partial charge in [0.25, 0.3) is 5.91 Å². The molecule has 1 heterocycles. The summed E-state index contributed by atoms with van der Waals surface area (Å²) in [6, 6.07) is 10.2. The van der Waals surface area contributed by atoms with E-state index in [1.165, 1.54) is 0 Å². The van der Waals surface area contributed by atoms with E-state index in [1.807, 2.05) is 0 Å². The number of amides is 1. The van der Waals surface area contributed by atoms with Crippen LogP contribution in [0, 0.1) is 0 Å². The highest BCUT2D eigenvalue weighted by molar-refractivity contribution is 6.25. The average Bonchev–Trinajstić information content (AvgIpc) is 2.42. The highest BCUT2D eigenvalue weighted by Crippen LogP contribution is 2.23. The molecule has 0 atom stereocenters. The van der Waals surface area contributed by atoms with E-state index < -0.39 is 5.91 Å². The molecule has 0 saturated heterocycles. The Balaban J connectivity index is 2.57. The molecule has 2 rings (SSSR count). The lowest BCUT2D eigenvalue weighted by Gasteiger charge is -2.09.